The van der Waals surface area contributed by atoms with Crippen molar-refractivity contribution in [1.82, 2.24) is 15.1 Å². The first kappa shape index (κ1) is 15.8. The molecule has 0 aliphatic carbocycles. The smallest absolute Gasteiger partial charge is 0.322 e. The molecule has 3 atom stereocenters. The number of aliphatic carboxylic acids is 1. The second-order valence-corrected chi connectivity index (χ2v) is 5.99. The van der Waals surface area contributed by atoms with E-state index in [2.05, 4.69) is 5.32 Å². The number of hydrogen-bond acceptors (Lipinski definition) is 4. The normalized spacial score (nSPS) is 30.9. The Balaban J connectivity index is 2.05. The van der Waals surface area contributed by atoms with E-state index in [1.54, 1.807) is 0 Å². The number of piperazine rings is 1. The van der Waals surface area contributed by atoms with E-state index < -0.39 is 12.0 Å². The Kier molecular flexibility index (Phi) is 4.82. The maximum absolute atomic E-state index is 12.5. The third-order valence-corrected chi connectivity index (χ3v) is 4.38. The van der Waals surface area contributed by atoms with Crippen molar-refractivity contribution in [2.45, 2.75) is 51.2 Å². The lowest BCUT2D eigenvalue weighted by molar-refractivity contribution is -0.148. The van der Waals surface area contributed by atoms with Gasteiger partial charge < -0.3 is 15.3 Å². The second kappa shape index (κ2) is 6.43. The first-order chi connectivity index (χ1) is 9.90. The number of carbonyl (C=O) groups excluding carboxylic acids is 2. The molecule has 0 aromatic heterocycles. The van der Waals surface area contributed by atoms with Gasteiger partial charge in [-0.1, -0.05) is 0 Å². The summed E-state index contributed by atoms with van der Waals surface area (Å²) in [6, 6.07) is -0.492. The Morgan fingerprint density at radius 1 is 1.29 bits per heavy atom. The number of nitrogens with zero attached hydrogens (tertiary/aromatic N) is 2. The summed E-state index contributed by atoms with van der Waals surface area (Å²) in [6.45, 7) is 4.03. The van der Waals surface area contributed by atoms with Crippen molar-refractivity contribution in [3.05, 3.63) is 0 Å². The number of carboxylic acids is 1. The van der Waals surface area contributed by atoms with Gasteiger partial charge in [-0.25, -0.2) is 0 Å². The van der Waals surface area contributed by atoms with Gasteiger partial charge in [-0.2, -0.15) is 0 Å². The topological polar surface area (TPSA) is 90.0 Å². The van der Waals surface area contributed by atoms with Crippen molar-refractivity contribution in [3.8, 4) is 0 Å². The molecule has 0 radical (unpaired) electrons. The maximum atomic E-state index is 12.5. The lowest BCUT2D eigenvalue weighted by Gasteiger charge is -2.41. The summed E-state index contributed by atoms with van der Waals surface area (Å²) in [5, 5.41) is 11.7. The van der Waals surface area contributed by atoms with Crippen LogP contribution in [0.2, 0.25) is 0 Å². The molecule has 0 aromatic carbocycles. The van der Waals surface area contributed by atoms with E-state index in [0.29, 0.717) is 0 Å². The monoisotopic (exact) mass is 297 g/mol. The van der Waals surface area contributed by atoms with Crippen LogP contribution in [0, 0.1) is 0 Å². The van der Waals surface area contributed by atoms with Gasteiger partial charge in [-0.05, 0) is 33.1 Å². The molecule has 7 nitrogen and oxygen atoms in total. The molecule has 7 heteroatoms. The minimum Gasteiger partial charge on any atom is -0.480 e. The molecule has 0 saturated carbocycles. The van der Waals surface area contributed by atoms with E-state index in [1.165, 1.54) is 4.90 Å². The zero-order chi connectivity index (χ0) is 15.6. The molecule has 2 heterocycles. The molecule has 2 aliphatic rings. The van der Waals surface area contributed by atoms with Crippen LogP contribution in [-0.2, 0) is 14.4 Å². The van der Waals surface area contributed by atoms with Crippen molar-refractivity contribution < 1.29 is 19.5 Å². The summed E-state index contributed by atoms with van der Waals surface area (Å²) < 4.78 is 0. The Morgan fingerprint density at radius 3 is 2.48 bits per heavy atom. The van der Waals surface area contributed by atoms with Crippen LogP contribution < -0.4 is 5.32 Å². The second-order valence-electron chi connectivity index (χ2n) is 5.99. The van der Waals surface area contributed by atoms with Gasteiger partial charge in [0.2, 0.25) is 11.8 Å². The first-order valence-corrected chi connectivity index (χ1v) is 7.45. The molecule has 2 amide bonds. The van der Waals surface area contributed by atoms with Crippen LogP contribution in [0.25, 0.3) is 0 Å². The molecule has 2 N–H and O–H groups in total. The van der Waals surface area contributed by atoms with Crippen molar-refractivity contribution in [3.63, 3.8) is 0 Å². The van der Waals surface area contributed by atoms with Gasteiger partial charge in [0.1, 0.15) is 6.04 Å². The molecule has 0 spiro atoms. The van der Waals surface area contributed by atoms with Gasteiger partial charge in [0.25, 0.3) is 0 Å². The molecule has 2 rings (SSSR count). The summed E-state index contributed by atoms with van der Waals surface area (Å²) in [5.74, 6) is -1.33. The highest BCUT2D eigenvalue weighted by Gasteiger charge is 2.36. The molecule has 2 fully saturated rings. The Morgan fingerprint density at radius 2 is 1.90 bits per heavy atom. The number of rotatable bonds is 3. The molecule has 0 bridgehead atoms. The van der Waals surface area contributed by atoms with Crippen LogP contribution in [0.1, 0.15) is 33.1 Å². The van der Waals surface area contributed by atoms with Crippen LogP contribution in [0.3, 0.4) is 0 Å². The summed E-state index contributed by atoms with van der Waals surface area (Å²) in [4.78, 5) is 38.5. The van der Waals surface area contributed by atoms with Crippen LogP contribution in [0.5, 0.6) is 0 Å². The fourth-order valence-corrected chi connectivity index (χ4v) is 3.27. The van der Waals surface area contributed by atoms with E-state index in [-0.39, 0.29) is 43.5 Å². The Hall–Kier alpha value is -1.63. The zero-order valence-electron chi connectivity index (χ0n) is 12.5. The average molecular weight is 297 g/mol. The van der Waals surface area contributed by atoms with Gasteiger partial charge in [-0.15, -0.1) is 0 Å². The quantitative estimate of drug-likeness (QED) is 0.744. The lowest BCUT2D eigenvalue weighted by atomic mass is 9.97. The summed E-state index contributed by atoms with van der Waals surface area (Å²) in [5.41, 5.74) is 0. The fraction of sp³-hybridized carbons (Fsp3) is 0.786. The van der Waals surface area contributed by atoms with E-state index >= 15 is 0 Å². The largest absolute Gasteiger partial charge is 0.480 e. The zero-order valence-corrected chi connectivity index (χ0v) is 12.5. The number of hydrogen-bond donors (Lipinski definition) is 2. The van der Waals surface area contributed by atoms with Gasteiger partial charge in [0.05, 0.1) is 13.1 Å². The van der Waals surface area contributed by atoms with Gasteiger partial charge in [0.15, 0.2) is 0 Å². The van der Waals surface area contributed by atoms with Crippen molar-refractivity contribution in [2.24, 2.45) is 0 Å². The molecule has 0 aromatic rings. The van der Waals surface area contributed by atoms with Gasteiger partial charge in [-0.3, -0.25) is 19.3 Å². The van der Waals surface area contributed by atoms with Crippen LogP contribution in [0.15, 0.2) is 0 Å². The Labute approximate surface area is 124 Å². The van der Waals surface area contributed by atoms with Crippen LogP contribution in [-0.4, -0.2) is 70.4 Å². The third kappa shape index (κ3) is 3.53. The third-order valence-electron chi connectivity index (χ3n) is 4.38. The van der Waals surface area contributed by atoms with E-state index in [9.17, 15) is 19.5 Å². The molecule has 21 heavy (non-hydrogen) atoms. The molecule has 118 valence electrons. The van der Waals surface area contributed by atoms with Crippen molar-refractivity contribution in [1.29, 1.82) is 0 Å². The van der Waals surface area contributed by atoms with Crippen LogP contribution >= 0.6 is 0 Å². The SMILES string of the molecule is CC1CCCC(C)N1C(=O)CN1CC(=O)NCC1C(=O)O. The molecular weight excluding hydrogens is 274 g/mol. The molecular formula is C14H23N3O4. The molecule has 2 aliphatic heterocycles. The Bertz CT molecular complexity index is 430. The number of nitrogens with one attached hydrogen (secondary N) is 1. The minimum atomic E-state index is -1.01. The number of carboxylic acid groups (broad SMARTS) is 1. The standard InChI is InChI=1S/C14H23N3O4/c1-9-4-3-5-10(2)17(9)13(19)8-16-7-12(18)15-6-11(16)14(20)21/h9-11H,3-8H2,1-2H3,(H,15,18)(H,20,21). The van der Waals surface area contributed by atoms with E-state index in [4.69, 9.17) is 0 Å². The van der Waals surface area contributed by atoms with Crippen LogP contribution in [0.4, 0.5) is 0 Å². The highest BCUT2D eigenvalue weighted by molar-refractivity contribution is 5.86. The summed E-state index contributed by atoms with van der Waals surface area (Å²) in [7, 11) is 0. The highest BCUT2D eigenvalue weighted by Crippen LogP contribution is 2.23. The fourth-order valence-electron chi connectivity index (χ4n) is 3.27. The van der Waals surface area contributed by atoms with Gasteiger partial charge in [0, 0.05) is 18.6 Å². The average Bonchev–Trinajstić information content (AvgIpc) is 2.38. The predicted octanol–water partition coefficient (Wildman–Crippen LogP) is -0.339. The first-order valence-electron chi connectivity index (χ1n) is 7.45. The van der Waals surface area contributed by atoms with E-state index in [0.717, 1.165) is 19.3 Å². The predicted molar refractivity (Wildman–Crippen MR) is 75.6 cm³/mol. The highest BCUT2D eigenvalue weighted by atomic mass is 16.4. The number of carbonyl (C=O) groups is 3. The van der Waals surface area contributed by atoms with Crippen molar-refractivity contribution in [2.75, 3.05) is 19.6 Å². The lowest BCUT2D eigenvalue weighted by Crippen LogP contribution is -2.60. The molecule has 2 saturated heterocycles. The number of piperidine rings is 1. The number of amides is 2. The van der Waals surface area contributed by atoms with Crippen molar-refractivity contribution >= 4 is 17.8 Å². The summed E-state index contributed by atoms with van der Waals surface area (Å²) in [6.07, 6.45) is 3.05. The minimum absolute atomic E-state index is 0.0148. The summed E-state index contributed by atoms with van der Waals surface area (Å²) >= 11 is 0. The van der Waals surface area contributed by atoms with E-state index in [1.807, 2.05) is 18.7 Å². The molecule has 3 unspecified atom stereocenters. The number of likely N-dealkylation sites (tertiary alicyclic amines) is 1. The maximum Gasteiger partial charge on any atom is 0.322 e. The van der Waals surface area contributed by atoms with Gasteiger partial charge >= 0.3 is 5.97 Å².